The Bertz CT molecular complexity index is 945. The zero-order chi connectivity index (χ0) is 17.3. The number of fused-ring (bicyclic) bond motifs is 1. The van der Waals surface area contributed by atoms with Crippen LogP contribution in [0.4, 0.5) is 0 Å². The Hall–Kier alpha value is -1.89. The number of aliphatic carboxylic acids is 1. The van der Waals surface area contributed by atoms with E-state index in [0.717, 1.165) is 0 Å². The third-order valence-electron chi connectivity index (χ3n) is 3.98. The van der Waals surface area contributed by atoms with Crippen LogP contribution in [0, 0.1) is 6.92 Å². The van der Waals surface area contributed by atoms with Gasteiger partial charge in [-0.05, 0) is 42.8 Å². The van der Waals surface area contributed by atoms with Crippen LogP contribution in [-0.4, -0.2) is 71.4 Å². The van der Waals surface area contributed by atoms with E-state index in [1.54, 1.807) is 50.6 Å². The molecule has 0 spiro atoms. The van der Waals surface area contributed by atoms with E-state index in [2.05, 4.69) is 4.98 Å². The Balaban J connectivity index is 0.00000225. The van der Waals surface area contributed by atoms with Gasteiger partial charge in [0.2, 0.25) is 0 Å². The molecule has 6 nitrogen and oxygen atoms in total. The normalized spacial score (nSPS) is 10.3. The number of ether oxygens (including phenoxy) is 1. The molecule has 3 aromatic rings. The number of pyridine rings is 1. The Labute approximate surface area is 177 Å². The van der Waals surface area contributed by atoms with Crippen molar-refractivity contribution in [1.82, 2.24) is 9.55 Å². The van der Waals surface area contributed by atoms with Gasteiger partial charge in [0.15, 0.2) is 0 Å². The van der Waals surface area contributed by atoms with Crippen molar-refractivity contribution >= 4 is 60.5 Å². The molecule has 1 N–H and O–H groups in total. The van der Waals surface area contributed by atoms with Gasteiger partial charge in [0.1, 0.15) is 5.75 Å². The fraction of sp³-hybridized carbons (Fsp3) is 0.167. The quantitative estimate of drug-likeness (QED) is 0.718. The van der Waals surface area contributed by atoms with Crippen molar-refractivity contribution in [3.05, 3.63) is 59.5 Å². The molecule has 0 fully saturated rings. The van der Waals surface area contributed by atoms with Crippen LogP contribution in [-0.2, 0) is 11.2 Å². The van der Waals surface area contributed by atoms with E-state index in [9.17, 15) is 14.7 Å². The molecule has 0 aliphatic rings. The summed E-state index contributed by atoms with van der Waals surface area (Å²) < 4.78 is 6.76. The molecule has 0 amide bonds. The summed E-state index contributed by atoms with van der Waals surface area (Å²) in [6.45, 7) is 1.75. The largest absolute Gasteiger partial charge is 2.00 e. The molecular weight excluding hydrogens is 348 g/mol. The summed E-state index contributed by atoms with van der Waals surface area (Å²) in [5, 5.41) is 9.91. The number of hydrogen-bond donors (Lipinski definition) is 1. The maximum absolute atomic E-state index is 12.9. The second-order valence-corrected chi connectivity index (χ2v) is 5.40. The van der Waals surface area contributed by atoms with Crippen LogP contribution in [0.1, 0.15) is 24.5 Å². The summed E-state index contributed by atoms with van der Waals surface area (Å²) in [6.07, 6.45) is 2.93. The zero-order valence-corrected chi connectivity index (χ0v) is 16.2. The molecule has 0 saturated carbocycles. The third-order valence-corrected chi connectivity index (χ3v) is 3.98. The van der Waals surface area contributed by atoms with Gasteiger partial charge >= 0.3 is 43.7 Å². The van der Waals surface area contributed by atoms with Crippen molar-refractivity contribution in [2.45, 2.75) is 13.3 Å². The van der Waals surface area contributed by atoms with Gasteiger partial charge in [-0.25, -0.2) is 0 Å². The monoisotopic (exact) mass is 366 g/mol. The Morgan fingerprint density at radius 1 is 1.32 bits per heavy atom. The smallest absolute Gasteiger partial charge is 1.00 e. The summed E-state index contributed by atoms with van der Waals surface area (Å²) in [6, 6.07) is 8.64. The van der Waals surface area contributed by atoms with Crippen molar-refractivity contribution in [2.75, 3.05) is 7.11 Å². The van der Waals surface area contributed by atoms with Crippen molar-refractivity contribution in [3.63, 3.8) is 0 Å². The first-order valence-corrected chi connectivity index (χ1v) is 7.37. The minimum absolute atomic E-state index is 0. The molecule has 126 valence electrons. The fourth-order valence-corrected chi connectivity index (χ4v) is 2.84. The number of methoxy groups -OCH3 is 1. The molecule has 2 aromatic heterocycles. The molecule has 0 radical (unpaired) electrons. The van der Waals surface area contributed by atoms with Gasteiger partial charge in [-0.3, -0.25) is 19.1 Å². The van der Waals surface area contributed by atoms with Gasteiger partial charge in [-0.1, -0.05) is 0 Å². The number of carboxylic acids is 1. The number of hydrogen-bond acceptors (Lipinski definition) is 4. The first kappa shape index (κ1) is 19.4. The SMILES string of the molecule is COc1ccc2c(c1)c(CC(=O)O)c(C)n2C(=O)c1cccnc1.[Ca+2].[H-].[H-]. The number of carbonyl (C=O) groups excluding carboxylic acids is 1. The van der Waals surface area contributed by atoms with Crippen LogP contribution in [0.3, 0.4) is 0 Å². The number of carboxylic acid groups (broad SMARTS) is 1. The van der Waals surface area contributed by atoms with E-state index in [4.69, 9.17) is 4.74 Å². The molecule has 0 atom stereocenters. The maximum atomic E-state index is 12.9. The van der Waals surface area contributed by atoms with E-state index in [1.165, 1.54) is 10.8 Å². The average Bonchev–Trinajstić information content (AvgIpc) is 2.86. The van der Waals surface area contributed by atoms with Crippen LogP contribution >= 0.6 is 0 Å². The van der Waals surface area contributed by atoms with Gasteiger partial charge in [0, 0.05) is 23.5 Å². The minimum atomic E-state index is -0.950. The molecule has 25 heavy (non-hydrogen) atoms. The van der Waals surface area contributed by atoms with E-state index in [-0.39, 0.29) is 52.9 Å². The zero-order valence-electron chi connectivity index (χ0n) is 16.0. The molecule has 0 bridgehead atoms. The topological polar surface area (TPSA) is 81.4 Å². The Morgan fingerprint density at radius 3 is 2.68 bits per heavy atom. The number of benzene rings is 1. The summed E-state index contributed by atoms with van der Waals surface area (Å²) in [4.78, 5) is 28.1. The van der Waals surface area contributed by atoms with Crippen LogP contribution in [0.25, 0.3) is 10.9 Å². The van der Waals surface area contributed by atoms with Crippen LogP contribution in [0.2, 0.25) is 0 Å². The van der Waals surface area contributed by atoms with Crippen molar-refractivity contribution < 1.29 is 22.3 Å². The number of nitrogens with zero attached hydrogens (tertiary/aromatic N) is 2. The van der Waals surface area contributed by atoms with E-state index in [0.29, 0.717) is 33.5 Å². The van der Waals surface area contributed by atoms with Crippen LogP contribution < -0.4 is 4.74 Å². The number of rotatable bonds is 4. The summed E-state index contributed by atoms with van der Waals surface area (Å²) in [5.74, 6) is -0.582. The maximum Gasteiger partial charge on any atom is 2.00 e. The molecule has 2 heterocycles. The third kappa shape index (κ3) is 3.71. The number of carbonyl (C=O) groups is 2. The van der Waals surface area contributed by atoms with Crippen molar-refractivity contribution in [3.8, 4) is 5.75 Å². The summed E-state index contributed by atoms with van der Waals surface area (Å²) in [5.41, 5.74) is 2.30. The predicted octanol–water partition coefficient (Wildman–Crippen LogP) is 2.51. The molecule has 1 aromatic carbocycles. The Kier molecular flexibility index (Phi) is 6.21. The standard InChI is InChI=1S/C18H16N2O4.Ca.2H/c1-11-14(9-17(21)22)15-8-13(24-2)5-6-16(15)20(11)18(23)12-4-3-7-19-10-12;;;/h3-8,10H,9H2,1-2H3,(H,21,22);;;/q;+2;2*-1. The Morgan fingerprint density at radius 2 is 2.08 bits per heavy atom. The van der Waals surface area contributed by atoms with Crippen LogP contribution in [0.5, 0.6) is 5.75 Å². The van der Waals surface area contributed by atoms with E-state index in [1.807, 2.05) is 0 Å². The molecular formula is C18H18CaN2O4. The first-order chi connectivity index (χ1) is 11.5. The van der Waals surface area contributed by atoms with Gasteiger partial charge in [-0.2, -0.15) is 0 Å². The van der Waals surface area contributed by atoms with Gasteiger partial charge in [0.05, 0.1) is 24.6 Å². The minimum Gasteiger partial charge on any atom is -1.00 e. The van der Waals surface area contributed by atoms with Crippen LogP contribution in [0.15, 0.2) is 42.7 Å². The number of aromatic nitrogens is 2. The predicted molar refractivity (Wildman–Crippen MR) is 96.5 cm³/mol. The average molecular weight is 366 g/mol. The van der Waals surface area contributed by atoms with Crippen molar-refractivity contribution in [1.29, 1.82) is 0 Å². The van der Waals surface area contributed by atoms with Crippen molar-refractivity contribution in [2.24, 2.45) is 0 Å². The van der Waals surface area contributed by atoms with E-state index < -0.39 is 5.97 Å². The van der Waals surface area contributed by atoms with Gasteiger partial charge < -0.3 is 12.7 Å². The van der Waals surface area contributed by atoms with Gasteiger partial charge in [-0.15, -0.1) is 0 Å². The second kappa shape index (κ2) is 7.99. The molecule has 7 heteroatoms. The van der Waals surface area contributed by atoms with Gasteiger partial charge in [0.25, 0.3) is 5.91 Å². The molecule has 0 unspecified atom stereocenters. The molecule has 3 rings (SSSR count). The summed E-state index contributed by atoms with van der Waals surface area (Å²) in [7, 11) is 1.54. The van der Waals surface area contributed by atoms with E-state index >= 15 is 0 Å². The second-order valence-electron chi connectivity index (χ2n) is 5.40. The molecule has 0 aliphatic carbocycles. The fourth-order valence-electron chi connectivity index (χ4n) is 2.84. The first-order valence-electron chi connectivity index (χ1n) is 7.37. The summed E-state index contributed by atoms with van der Waals surface area (Å²) >= 11 is 0. The molecule has 0 aliphatic heterocycles. The molecule has 0 saturated heterocycles.